The lowest BCUT2D eigenvalue weighted by molar-refractivity contribution is -0.142. The Morgan fingerprint density at radius 2 is 1.85 bits per heavy atom. The maximum Gasteiger partial charge on any atom is 0.339 e. The number of carbonyl (C=O) groups is 2. The molecule has 0 aliphatic rings. The van der Waals surface area contributed by atoms with Crippen LogP contribution >= 0.6 is 0 Å². The highest BCUT2D eigenvalue weighted by atomic mass is 16.5. The van der Waals surface area contributed by atoms with Crippen molar-refractivity contribution >= 4 is 11.9 Å². The van der Waals surface area contributed by atoms with Gasteiger partial charge in [0.05, 0.1) is 25.7 Å². The second-order valence-corrected chi connectivity index (χ2v) is 4.46. The standard InChI is InChI=1S/C15H23NO4/c1-6-12-11(9-13(17)20-8-3)14(15(18)19-5)10(4)16(12)7-2/h6-9H2,1-5H3. The van der Waals surface area contributed by atoms with Crippen LogP contribution in [0.4, 0.5) is 0 Å². The first-order valence-corrected chi connectivity index (χ1v) is 6.96. The lowest BCUT2D eigenvalue weighted by atomic mass is 10.0. The molecule has 0 aliphatic heterocycles. The summed E-state index contributed by atoms with van der Waals surface area (Å²) in [5, 5.41) is 0. The fourth-order valence-corrected chi connectivity index (χ4v) is 2.61. The monoisotopic (exact) mass is 281 g/mol. The van der Waals surface area contributed by atoms with E-state index in [1.807, 2.05) is 20.8 Å². The van der Waals surface area contributed by atoms with Crippen LogP contribution in [0, 0.1) is 6.92 Å². The third-order valence-corrected chi connectivity index (χ3v) is 3.41. The van der Waals surface area contributed by atoms with Gasteiger partial charge in [-0.15, -0.1) is 0 Å². The average Bonchev–Trinajstić information content (AvgIpc) is 2.69. The number of esters is 2. The Morgan fingerprint density at radius 3 is 2.30 bits per heavy atom. The zero-order chi connectivity index (χ0) is 15.3. The van der Waals surface area contributed by atoms with Gasteiger partial charge in [-0.3, -0.25) is 4.79 Å². The zero-order valence-electron chi connectivity index (χ0n) is 12.9. The van der Waals surface area contributed by atoms with E-state index in [1.165, 1.54) is 7.11 Å². The van der Waals surface area contributed by atoms with E-state index in [2.05, 4.69) is 4.57 Å². The van der Waals surface area contributed by atoms with Crippen molar-refractivity contribution in [2.24, 2.45) is 0 Å². The van der Waals surface area contributed by atoms with Crippen molar-refractivity contribution in [2.75, 3.05) is 13.7 Å². The van der Waals surface area contributed by atoms with Crippen molar-refractivity contribution < 1.29 is 19.1 Å². The number of aromatic nitrogens is 1. The first-order valence-electron chi connectivity index (χ1n) is 6.96. The Labute approximate surface area is 119 Å². The quantitative estimate of drug-likeness (QED) is 0.751. The SMILES string of the molecule is CCOC(=O)Cc1c(C(=O)OC)c(C)n(CC)c1CC. The zero-order valence-corrected chi connectivity index (χ0v) is 12.9. The molecule has 0 saturated heterocycles. The number of ether oxygens (including phenoxy) is 2. The molecule has 0 spiro atoms. The van der Waals surface area contributed by atoms with Gasteiger partial charge in [0.25, 0.3) is 0 Å². The Hall–Kier alpha value is -1.78. The number of nitrogens with zero attached hydrogens (tertiary/aromatic N) is 1. The highest BCUT2D eigenvalue weighted by Crippen LogP contribution is 2.25. The maximum absolute atomic E-state index is 12.0. The first-order chi connectivity index (χ1) is 9.51. The number of methoxy groups -OCH3 is 1. The van der Waals surface area contributed by atoms with Crippen molar-refractivity contribution in [1.29, 1.82) is 0 Å². The lowest BCUT2D eigenvalue weighted by Crippen LogP contribution is -2.13. The molecule has 0 aliphatic carbocycles. The van der Waals surface area contributed by atoms with Gasteiger partial charge in [0.1, 0.15) is 0 Å². The number of rotatable bonds is 6. The summed E-state index contributed by atoms with van der Waals surface area (Å²) in [4.78, 5) is 23.8. The van der Waals surface area contributed by atoms with Gasteiger partial charge in [-0.05, 0) is 32.8 Å². The minimum Gasteiger partial charge on any atom is -0.466 e. The molecule has 0 fully saturated rings. The summed E-state index contributed by atoms with van der Waals surface area (Å²) in [6.07, 6.45) is 0.857. The van der Waals surface area contributed by atoms with Crippen molar-refractivity contribution in [1.82, 2.24) is 4.57 Å². The summed E-state index contributed by atoms with van der Waals surface area (Å²) in [6, 6.07) is 0. The molecule has 5 heteroatoms. The molecule has 0 saturated carbocycles. The minimum absolute atomic E-state index is 0.106. The summed E-state index contributed by atoms with van der Waals surface area (Å²) in [7, 11) is 1.35. The predicted octanol–water partition coefficient (Wildman–Crippen LogP) is 2.27. The summed E-state index contributed by atoms with van der Waals surface area (Å²) < 4.78 is 11.9. The highest BCUT2D eigenvalue weighted by molar-refractivity contribution is 5.94. The molecule has 0 atom stereocenters. The number of carbonyl (C=O) groups excluding carboxylic acids is 2. The van der Waals surface area contributed by atoms with Crippen molar-refractivity contribution in [3.63, 3.8) is 0 Å². The van der Waals surface area contributed by atoms with E-state index in [0.29, 0.717) is 12.2 Å². The van der Waals surface area contributed by atoms with Crippen LogP contribution in [0.3, 0.4) is 0 Å². The summed E-state index contributed by atoms with van der Waals surface area (Å²) in [6.45, 7) is 8.76. The fraction of sp³-hybridized carbons (Fsp3) is 0.600. The van der Waals surface area contributed by atoms with E-state index in [4.69, 9.17) is 9.47 Å². The molecule has 0 radical (unpaired) electrons. The molecular weight excluding hydrogens is 258 g/mol. The highest BCUT2D eigenvalue weighted by Gasteiger charge is 2.26. The van der Waals surface area contributed by atoms with E-state index < -0.39 is 5.97 Å². The largest absolute Gasteiger partial charge is 0.466 e. The Bertz CT molecular complexity index is 502. The lowest BCUT2D eigenvalue weighted by Gasteiger charge is -2.08. The van der Waals surface area contributed by atoms with Crippen molar-refractivity contribution in [3.8, 4) is 0 Å². The summed E-state index contributed by atoms with van der Waals surface area (Å²) in [5.74, 6) is -0.718. The van der Waals surface area contributed by atoms with Crippen LogP contribution in [0.5, 0.6) is 0 Å². The Kier molecular flexibility index (Phi) is 5.80. The van der Waals surface area contributed by atoms with Gasteiger partial charge in [-0.25, -0.2) is 4.79 Å². The Morgan fingerprint density at radius 1 is 1.20 bits per heavy atom. The van der Waals surface area contributed by atoms with Crippen LogP contribution in [0.1, 0.15) is 48.1 Å². The molecule has 1 aromatic heterocycles. The van der Waals surface area contributed by atoms with Crippen LogP contribution < -0.4 is 0 Å². The van der Waals surface area contributed by atoms with Gasteiger partial charge in [0, 0.05) is 17.9 Å². The first kappa shape index (κ1) is 16.3. The molecule has 0 N–H and O–H groups in total. The van der Waals surface area contributed by atoms with Crippen LogP contribution in [0.15, 0.2) is 0 Å². The maximum atomic E-state index is 12.0. The molecule has 0 aromatic carbocycles. The second kappa shape index (κ2) is 7.12. The second-order valence-electron chi connectivity index (χ2n) is 4.46. The molecule has 1 aromatic rings. The van der Waals surface area contributed by atoms with Crippen LogP contribution in [-0.4, -0.2) is 30.2 Å². The normalized spacial score (nSPS) is 10.4. The fourth-order valence-electron chi connectivity index (χ4n) is 2.61. The molecule has 112 valence electrons. The third-order valence-electron chi connectivity index (χ3n) is 3.41. The van der Waals surface area contributed by atoms with E-state index in [1.54, 1.807) is 6.92 Å². The van der Waals surface area contributed by atoms with Crippen molar-refractivity contribution in [2.45, 2.75) is 47.1 Å². The summed E-state index contributed by atoms with van der Waals surface area (Å²) in [5.41, 5.74) is 3.07. The van der Waals surface area contributed by atoms with Crippen LogP contribution in [-0.2, 0) is 33.7 Å². The van der Waals surface area contributed by atoms with Gasteiger partial charge >= 0.3 is 11.9 Å². The van der Waals surface area contributed by atoms with Gasteiger partial charge in [0.15, 0.2) is 0 Å². The van der Waals surface area contributed by atoms with Crippen LogP contribution in [0.2, 0.25) is 0 Å². The van der Waals surface area contributed by atoms with E-state index in [-0.39, 0.29) is 12.4 Å². The van der Waals surface area contributed by atoms with E-state index in [0.717, 1.165) is 29.9 Å². The molecule has 0 amide bonds. The number of hydrogen-bond donors (Lipinski definition) is 0. The third kappa shape index (κ3) is 3.03. The van der Waals surface area contributed by atoms with E-state index in [9.17, 15) is 9.59 Å². The number of hydrogen-bond acceptors (Lipinski definition) is 4. The van der Waals surface area contributed by atoms with Gasteiger partial charge in [0.2, 0.25) is 0 Å². The van der Waals surface area contributed by atoms with Gasteiger partial charge in [-0.1, -0.05) is 6.92 Å². The topological polar surface area (TPSA) is 57.5 Å². The Balaban J connectivity index is 3.36. The van der Waals surface area contributed by atoms with E-state index >= 15 is 0 Å². The van der Waals surface area contributed by atoms with Crippen molar-refractivity contribution in [3.05, 3.63) is 22.5 Å². The molecule has 1 rings (SSSR count). The summed E-state index contributed by atoms with van der Waals surface area (Å²) >= 11 is 0. The van der Waals surface area contributed by atoms with Gasteiger partial charge in [-0.2, -0.15) is 0 Å². The van der Waals surface area contributed by atoms with Gasteiger partial charge < -0.3 is 14.0 Å². The molecule has 1 heterocycles. The molecular formula is C15H23NO4. The molecule has 5 nitrogen and oxygen atoms in total. The smallest absolute Gasteiger partial charge is 0.339 e. The minimum atomic E-state index is -0.399. The van der Waals surface area contributed by atoms with Crippen LogP contribution in [0.25, 0.3) is 0 Å². The molecule has 0 unspecified atom stereocenters. The predicted molar refractivity (Wildman–Crippen MR) is 75.9 cm³/mol. The molecule has 0 bridgehead atoms. The molecule has 20 heavy (non-hydrogen) atoms. The average molecular weight is 281 g/mol.